The van der Waals surface area contributed by atoms with Crippen LogP contribution in [0.1, 0.15) is 29.8 Å². The van der Waals surface area contributed by atoms with E-state index in [1.807, 2.05) is 0 Å². The van der Waals surface area contributed by atoms with E-state index in [2.05, 4.69) is 5.32 Å². The average molecular weight is 473 g/mol. The highest BCUT2D eigenvalue weighted by Gasteiger charge is 2.21. The number of esters is 1. The Labute approximate surface area is 192 Å². The van der Waals surface area contributed by atoms with Gasteiger partial charge in [0.2, 0.25) is 10.0 Å². The molecular weight excluding hydrogens is 448 g/mol. The molecular formula is C23H24N2O7S. The fraction of sp³-hybridized carbons (Fsp3) is 0.261. The number of ketones is 1. The summed E-state index contributed by atoms with van der Waals surface area (Å²) in [5.74, 6) is -1.02. The number of sulfonamides is 1. The zero-order valence-electron chi connectivity index (χ0n) is 18.2. The molecule has 2 aromatic rings. The van der Waals surface area contributed by atoms with E-state index < -0.39 is 28.4 Å². The predicted octanol–water partition coefficient (Wildman–Crippen LogP) is 2.49. The molecule has 0 bridgehead atoms. The van der Waals surface area contributed by atoms with Crippen LogP contribution >= 0.6 is 0 Å². The third-order valence-electron chi connectivity index (χ3n) is 4.92. The third-order valence-corrected chi connectivity index (χ3v) is 6.98. The lowest BCUT2D eigenvalue weighted by Crippen LogP contribution is -2.30. The van der Waals surface area contributed by atoms with Crippen LogP contribution in [-0.2, 0) is 24.3 Å². The van der Waals surface area contributed by atoms with Gasteiger partial charge in [0, 0.05) is 24.7 Å². The van der Waals surface area contributed by atoms with Crippen LogP contribution in [0.5, 0.6) is 5.75 Å². The molecule has 1 N–H and O–H groups in total. The number of fused-ring (bicyclic) bond motifs is 1. The highest BCUT2D eigenvalue weighted by Crippen LogP contribution is 2.28. The number of rotatable bonds is 9. The molecule has 0 fully saturated rings. The van der Waals surface area contributed by atoms with Crippen LogP contribution < -0.4 is 10.1 Å². The first-order valence-corrected chi connectivity index (χ1v) is 11.7. The van der Waals surface area contributed by atoms with E-state index in [0.717, 1.165) is 6.08 Å². The number of hydrogen-bond donors (Lipinski definition) is 1. The minimum absolute atomic E-state index is 0.0846. The molecule has 174 valence electrons. The molecule has 0 radical (unpaired) electrons. The number of hydrogen-bond acceptors (Lipinski definition) is 7. The van der Waals surface area contributed by atoms with E-state index in [1.54, 1.807) is 32.0 Å². The Morgan fingerprint density at radius 3 is 2.48 bits per heavy atom. The van der Waals surface area contributed by atoms with Crippen LogP contribution in [0.25, 0.3) is 6.08 Å². The molecule has 10 heteroatoms. The maximum absolute atomic E-state index is 12.5. The van der Waals surface area contributed by atoms with Crippen molar-refractivity contribution in [1.82, 2.24) is 4.31 Å². The number of amides is 1. The van der Waals surface area contributed by atoms with Crippen LogP contribution in [0.4, 0.5) is 5.69 Å². The summed E-state index contributed by atoms with van der Waals surface area (Å²) in [6.45, 7) is 3.73. The first-order valence-electron chi connectivity index (χ1n) is 10.3. The molecule has 0 saturated carbocycles. The Kier molecular flexibility index (Phi) is 7.62. The molecule has 1 aliphatic rings. The van der Waals surface area contributed by atoms with Gasteiger partial charge in [-0.2, -0.15) is 4.31 Å². The van der Waals surface area contributed by atoms with Gasteiger partial charge in [-0.1, -0.05) is 26.0 Å². The van der Waals surface area contributed by atoms with Crippen molar-refractivity contribution in [3.8, 4) is 5.75 Å². The molecule has 0 unspecified atom stereocenters. The van der Waals surface area contributed by atoms with Gasteiger partial charge in [-0.05, 0) is 42.0 Å². The summed E-state index contributed by atoms with van der Waals surface area (Å²) >= 11 is 0. The predicted molar refractivity (Wildman–Crippen MR) is 121 cm³/mol. The van der Waals surface area contributed by atoms with Crippen LogP contribution in [0.2, 0.25) is 0 Å². The van der Waals surface area contributed by atoms with Crippen molar-refractivity contribution >= 4 is 39.4 Å². The summed E-state index contributed by atoms with van der Waals surface area (Å²) < 4.78 is 36.6. The van der Waals surface area contributed by atoms with Crippen molar-refractivity contribution in [3.05, 3.63) is 59.7 Å². The number of Topliss-reactive ketones (excluding diaryl/α,β-unsaturated/α-hetero) is 1. The second-order valence-corrected chi connectivity index (χ2v) is 9.01. The fourth-order valence-corrected chi connectivity index (χ4v) is 4.61. The van der Waals surface area contributed by atoms with Gasteiger partial charge in [0.1, 0.15) is 5.75 Å². The van der Waals surface area contributed by atoms with E-state index in [0.29, 0.717) is 30.1 Å². The van der Waals surface area contributed by atoms with Gasteiger partial charge in [0.05, 0.1) is 10.6 Å². The van der Waals surface area contributed by atoms with Crippen molar-refractivity contribution in [2.24, 2.45) is 0 Å². The largest absolute Gasteiger partial charge is 0.482 e. The number of ether oxygens (including phenoxy) is 2. The lowest BCUT2D eigenvalue weighted by molar-refractivity contribution is -0.136. The van der Waals surface area contributed by atoms with Crippen LogP contribution in [0.15, 0.2) is 53.4 Å². The Morgan fingerprint density at radius 2 is 1.82 bits per heavy atom. The molecule has 33 heavy (non-hydrogen) atoms. The monoisotopic (exact) mass is 472 g/mol. The van der Waals surface area contributed by atoms with Crippen molar-refractivity contribution in [2.45, 2.75) is 18.7 Å². The molecule has 2 aromatic carbocycles. The minimum Gasteiger partial charge on any atom is -0.482 e. The van der Waals surface area contributed by atoms with Crippen LogP contribution in [0, 0.1) is 0 Å². The highest BCUT2D eigenvalue weighted by molar-refractivity contribution is 7.89. The Morgan fingerprint density at radius 1 is 1.12 bits per heavy atom. The summed E-state index contributed by atoms with van der Waals surface area (Å²) in [4.78, 5) is 35.9. The first-order chi connectivity index (χ1) is 15.7. The topological polar surface area (TPSA) is 119 Å². The molecule has 1 heterocycles. The van der Waals surface area contributed by atoms with E-state index in [9.17, 15) is 22.8 Å². The van der Waals surface area contributed by atoms with Crippen LogP contribution in [0.3, 0.4) is 0 Å². The number of carbonyl (C=O) groups is 3. The van der Waals surface area contributed by atoms with Crippen molar-refractivity contribution in [1.29, 1.82) is 0 Å². The molecule has 0 aromatic heterocycles. The third kappa shape index (κ3) is 5.85. The summed E-state index contributed by atoms with van der Waals surface area (Å²) in [6.07, 6.45) is 2.62. The summed E-state index contributed by atoms with van der Waals surface area (Å²) in [6, 6.07) is 10.7. The zero-order chi connectivity index (χ0) is 24.0. The molecule has 9 nitrogen and oxygen atoms in total. The summed E-state index contributed by atoms with van der Waals surface area (Å²) in [5, 5.41) is 2.61. The minimum atomic E-state index is -3.55. The molecule has 1 aliphatic heterocycles. The van der Waals surface area contributed by atoms with Gasteiger partial charge in [-0.3, -0.25) is 9.59 Å². The number of nitrogens with one attached hydrogen (secondary N) is 1. The highest BCUT2D eigenvalue weighted by atomic mass is 32.2. The number of anilines is 1. The maximum Gasteiger partial charge on any atom is 0.331 e. The molecule has 0 atom stereocenters. The Bertz CT molecular complexity index is 1180. The summed E-state index contributed by atoms with van der Waals surface area (Å²) in [5.41, 5.74) is 1.25. The molecule has 0 spiro atoms. The number of carbonyl (C=O) groups excluding carboxylic acids is 3. The van der Waals surface area contributed by atoms with Gasteiger partial charge in [0.15, 0.2) is 19.0 Å². The van der Waals surface area contributed by atoms with E-state index >= 15 is 0 Å². The lowest BCUT2D eigenvalue weighted by atomic mass is 10.1. The quantitative estimate of drug-likeness (QED) is 0.338. The van der Waals surface area contributed by atoms with Crippen molar-refractivity contribution in [3.63, 3.8) is 0 Å². The van der Waals surface area contributed by atoms with Gasteiger partial charge in [-0.15, -0.1) is 0 Å². The van der Waals surface area contributed by atoms with E-state index in [1.165, 1.54) is 34.6 Å². The SMILES string of the molecule is CCN(CC)S(=O)(=O)c1ccc(/C=C/C(=O)OCC(=O)c2ccc3c(c2)NC(=O)CO3)cc1. The smallest absolute Gasteiger partial charge is 0.331 e. The van der Waals surface area contributed by atoms with Crippen molar-refractivity contribution < 1.29 is 32.3 Å². The van der Waals surface area contributed by atoms with Crippen molar-refractivity contribution in [2.75, 3.05) is 31.6 Å². The van der Waals surface area contributed by atoms with Gasteiger partial charge < -0.3 is 14.8 Å². The summed E-state index contributed by atoms with van der Waals surface area (Å²) in [7, 11) is -3.55. The maximum atomic E-state index is 12.5. The standard InChI is InChI=1S/C23H24N2O7S/c1-3-25(4-2)33(29,30)18-9-5-16(6-10-18)7-12-23(28)32-14-20(26)17-8-11-21-19(13-17)24-22(27)15-31-21/h5-13H,3-4,14-15H2,1-2H3,(H,24,27)/b12-7+. The molecule has 1 amide bonds. The normalized spacial score (nSPS) is 13.4. The molecule has 0 aliphatic carbocycles. The zero-order valence-corrected chi connectivity index (χ0v) is 19.1. The molecule has 3 rings (SSSR count). The Hall–Kier alpha value is -3.50. The van der Waals surface area contributed by atoms with Crippen LogP contribution in [-0.4, -0.2) is 56.7 Å². The Balaban J connectivity index is 1.56. The van der Waals surface area contributed by atoms with Gasteiger partial charge in [0.25, 0.3) is 5.91 Å². The van der Waals surface area contributed by atoms with Gasteiger partial charge >= 0.3 is 5.97 Å². The average Bonchev–Trinajstić information content (AvgIpc) is 2.81. The number of benzene rings is 2. The van der Waals surface area contributed by atoms with Gasteiger partial charge in [-0.25, -0.2) is 13.2 Å². The second kappa shape index (κ2) is 10.4. The molecule has 0 saturated heterocycles. The first kappa shape index (κ1) is 24.1. The lowest BCUT2D eigenvalue weighted by Gasteiger charge is -2.18. The fourth-order valence-electron chi connectivity index (χ4n) is 3.15. The number of nitrogens with zero attached hydrogens (tertiary/aromatic N) is 1. The van der Waals surface area contributed by atoms with E-state index in [-0.39, 0.29) is 23.0 Å². The van der Waals surface area contributed by atoms with E-state index in [4.69, 9.17) is 9.47 Å². The second-order valence-electron chi connectivity index (χ2n) is 7.07.